The summed E-state index contributed by atoms with van der Waals surface area (Å²) in [7, 11) is 0. The fraction of sp³-hybridized carbons (Fsp3) is 0.267. The fourth-order valence-corrected chi connectivity index (χ4v) is 5.82. The molecule has 7 heteroatoms. The lowest BCUT2D eigenvalue weighted by Gasteiger charge is -2.28. The van der Waals surface area contributed by atoms with Crippen LogP contribution in [0.5, 0.6) is 11.5 Å². The number of benzene rings is 2. The first kappa shape index (κ1) is 23.6. The average molecular weight is 511 g/mol. The van der Waals surface area contributed by atoms with E-state index in [1.807, 2.05) is 30.5 Å². The van der Waals surface area contributed by atoms with Crippen molar-refractivity contribution in [1.82, 2.24) is 14.9 Å². The first-order valence-electron chi connectivity index (χ1n) is 12.6. The number of rotatable bonds is 5. The first-order valence-corrected chi connectivity index (χ1v) is 13.0. The first-order chi connectivity index (χ1) is 17.9. The highest BCUT2D eigenvalue weighted by Gasteiger charge is 2.42. The van der Waals surface area contributed by atoms with Crippen molar-refractivity contribution in [3.8, 4) is 17.2 Å². The van der Waals surface area contributed by atoms with E-state index in [9.17, 15) is 0 Å². The van der Waals surface area contributed by atoms with Gasteiger partial charge in [0.1, 0.15) is 0 Å². The minimum absolute atomic E-state index is 0.0683. The van der Waals surface area contributed by atoms with Gasteiger partial charge in [0, 0.05) is 35.0 Å². The van der Waals surface area contributed by atoms with Gasteiger partial charge in [-0.15, -0.1) is 0 Å². The van der Waals surface area contributed by atoms with Crippen molar-refractivity contribution < 1.29 is 9.47 Å². The molecule has 1 fully saturated rings. The smallest absolute Gasteiger partial charge is 0.231 e. The molecular weight excluding hydrogens is 480 g/mol. The Labute approximate surface area is 222 Å². The standard InChI is InChI=1S/C30H30N4O2S/c1-18(2)21-8-10-22(11-9-21)34-29(28(32-30(34)37)25-7-5-6-14-31-25)24-15-19(3)33(20(24)4)23-12-13-26-27(16-23)36-17-35-26/h5-16,18,28-29H,17H2,1-4H3,(H,32,37)/t28-,29-/m1/s1. The Morgan fingerprint density at radius 3 is 2.43 bits per heavy atom. The summed E-state index contributed by atoms with van der Waals surface area (Å²) in [5.74, 6) is 2.02. The summed E-state index contributed by atoms with van der Waals surface area (Å²) >= 11 is 5.94. The van der Waals surface area contributed by atoms with Gasteiger partial charge < -0.3 is 24.3 Å². The molecule has 6 rings (SSSR count). The van der Waals surface area contributed by atoms with Gasteiger partial charge in [-0.25, -0.2) is 0 Å². The minimum atomic E-state index is -0.0934. The number of nitrogens with one attached hydrogen (secondary N) is 1. The molecule has 0 spiro atoms. The van der Waals surface area contributed by atoms with Gasteiger partial charge in [0.05, 0.1) is 17.8 Å². The van der Waals surface area contributed by atoms with Crippen molar-refractivity contribution in [2.45, 2.75) is 45.7 Å². The predicted molar refractivity (Wildman–Crippen MR) is 150 cm³/mol. The number of ether oxygens (including phenoxy) is 2. The van der Waals surface area contributed by atoms with Crippen LogP contribution in [0.3, 0.4) is 0 Å². The molecule has 188 valence electrons. The Morgan fingerprint density at radius 1 is 0.946 bits per heavy atom. The van der Waals surface area contributed by atoms with Crippen molar-refractivity contribution in [2.75, 3.05) is 11.7 Å². The predicted octanol–water partition coefficient (Wildman–Crippen LogP) is 6.52. The second-order valence-corrected chi connectivity index (χ2v) is 10.3. The maximum atomic E-state index is 5.94. The van der Waals surface area contributed by atoms with E-state index in [-0.39, 0.29) is 18.9 Å². The highest BCUT2D eigenvalue weighted by Crippen LogP contribution is 2.44. The second kappa shape index (κ2) is 9.23. The summed E-state index contributed by atoms with van der Waals surface area (Å²) in [5.41, 5.74) is 7.87. The zero-order valence-corrected chi connectivity index (χ0v) is 22.3. The van der Waals surface area contributed by atoms with Crippen molar-refractivity contribution in [3.05, 3.63) is 101 Å². The zero-order valence-electron chi connectivity index (χ0n) is 21.4. The Hall–Kier alpha value is -3.84. The maximum absolute atomic E-state index is 5.94. The summed E-state index contributed by atoms with van der Waals surface area (Å²) in [6.45, 7) is 8.99. The lowest BCUT2D eigenvalue weighted by Crippen LogP contribution is -2.29. The molecule has 0 saturated carbocycles. The fourth-order valence-electron chi connectivity index (χ4n) is 5.48. The molecular formula is C30H30N4O2S. The van der Waals surface area contributed by atoms with E-state index < -0.39 is 0 Å². The van der Waals surface area contributed by atoms with Gasteiger partial charge in [-0.2, -0.15) is 0 Å². The highest BCUT2D eigenvalue weighted by atomic mass is 32.1. The Morgan fingerprint density at radius 2 is 1.70 bits per heavy atom. The molecule has 2 aliphatic rings. The number of pyridine rings is 1. The molecule has 0 unspecified atom stereocenters. The molecule has 0 aliphatic carbocycles. The molecule has 2 aromatic heterocycles. The Kier molecular flexibility index (Phi) is 5.88. The highest BCUT2D eigenvalue weighted by molar-refractivity contribution is 7.80. The van der Waals surface area contributed by atoms with E-state index in [4.69, 9.17) is 26.7 Å². The molecule has 4 heterocycles. The molecule has 0 radical (unpaired) electrons. The van der Waals surface area contributed by atoms with Crippen LogP contribution in [0.1, 0.15) is 60.1 Å². The van der Waals surface area contributed by atoms with Crippen LogP contribution in [-0.2, 0) is 0 Å². The number of hydrogen-bond acceptors (Lipinski definition) is 4. The number of nitrogens with zero attached hydrogens (tertiary/aromatic N) is 3. The maximum Gasteiger partial charge on any atom is 0.231 e. The third-order valence-corrected chi connectivity index (χ3v) is 7.65. The van der Waals surface area contributed by atoms with E-state index in [0.29, 0.717) is 11.0 Å². The van der Waals surface area contributed by atoms with Crippen molar-refractivity contribution in [2.24, 2.45) is 0 Å². The summed E-state index contributed by atoms with van der Waals surface area (Å²) in [5, 5.41) is 4.28. The molecule has 1 N–H and O–H groups in total. The van der Waals surface area contributed by atoms with E-state index in [0.717, 1.165) is 40.0 Å². The monoisotopic (exact) mass is 510 g/mol. The number of fused-ring (bicyclic) bond motifs is 1. The number of hydrogen-bond donors (Lipinski definition) is 1. The normalized spacial score (nSPS) is 18.5. The van der Waals surface area contributed by atoms with Gasteiger partial charge in [-0.1, -0.05) is 32.0 Å². The van der Waals surface area contributed by atoms with Crippen LogP contribution < -0.4 is 19.7 Å². The van der Waals surface area contributed by atoms with Crippen LogP contribution in [0.4, 0.5) is 5.69 Å². The average Bonchev–Trinajstić information content (AvgIpc) is 3.59. The van der Waals surface area contributed by atoms with Gasteiger partial charge in [0.2, 0.25) is 6.79 Å². The van der Waals surface area contributed by atoms with E-state index in [1.54, 1.807) is 0 Å². The largest absolute Gasteiger partial charge is 0.454 e. The molecule has 4 aromatic rings. The molecule has 6 nitrogen and oxygen atoms in total. The van der Waals surface area contributed by atoms with Crippen LogP contribution >= 0.6 is 12.2 Å². The van der Waals surface area contributed by atoms with Gasteiger partial charge in [0.25, 0.3) is 0 Å². The van der Waals surface area contributed by atoms with Gasteiger partial charge in [-0.05, 0) is 85.6 Å². The van der Waals surface area contributed by atoms with Crippen LogP contribution in [-0.4, -0.2) is 21.5 Å². The molecule has 0 amide bonds. The lowest BCUT2D eigenvalue weighted by molar-refractivity contribution is 0.174. The van der Waals surface area contributed by atoms with E-state index >= 15 is 0 Å². The molecule has 37 heavy (non-hydrogen) atoms. The number of anilines is 1. The topological polar surface area (TPSA) is 51.6 Å². The Balaban J connectivity index is 1.48. The molecule has 2 aliphatic heterocycles. The zero-order chi connectivity index (χ0) is 25.7. The number of thiocarbonyl (C=S) groups is 1. The SMILES string of the molecule is Cc1cc([C@@H]2[C@@H](c3ccccn3)NC(=S)N2c2ccc(C(C)C)cc2)c(C)n1-c1ccc2c(c1)OCO2. The van der Waals surface area contributed by atoms with E-state index in [2.05, 4.69) is 84.9 Å². The van der Waals surface area contributed by atoms with Crippen LogP contribution in [0, 0.1) is 13.8 Å². The quantitative estimate of drug-likeness (QED) is 0.309. The van der Waals surface area contributed by atoms with Crippen molar-refractivity contribution >= 4 is 23.0 Å². The van der Waals surface area contributed by atoms with Crippen molar-refractivity contribution in [1.29, 1.82) is 0 Å². The third-order valence-electron chi connectivity index (χ3n) is 7.34. The third kappa shape index (κ3) is 4.03. The van der Waals surface area contributed by atoms with Gasteiger partial charge >= 0.3 is 0 Å². The summed E-state index contributed by atoms with van der Waals surface area (Å²) in [6.07, 6.45) is 1.84. The molecule has 2 atom stereocenters. The van der Waals surface area contributed by atoms with Crippen LogP contribution in [0.15, 0.2) is 72.9 Å². The number of aryl methyl sites for hydroxylation is 1. The van der Waals surface area contributed by atoms with Crippen LogP contribution in [0.25, 0.3) is 5.69 Å². The molecule has 2 aromatic carbocycles. The van der Waals surface area contributed by atoms with E-state index in [1.165, 1.54) is 11.1 Å². The summed E-state index contributed by atoms with van der Waals surface area (Å²) < 4.78 is 13.5. The second-order valence-electron chi connectivity index (χ2n) is 9.94. The van der Waals surface area contributed by atoms with Crippen molar-refractivity contribution in [3.63, 3.8) is 0 Å². The summed E-state index contributed by atoms with van der Waals surface area (Å²) in [6, 6.07) is 23.0. The number of aromatic nitrogens is 2. The Bertz CT molecular complexity index is 1460. The van der Waals surface area contributed by atoms with Gasteiger partial charge in [0.15, 0.2) is 16.6 Å². The minimum Gasteiger partial charge on any atom is -0.454 e. The summed E-state index contributed by atoms with van der Waals surface area (Å²) in [4.78, 5) is 6.95. The van der Waals surface area contributed by atoms with Crippen LogP contribution in [0.2, 0.25) is 0 Å². The lowest BCUT2D eigenvalue weighted by atomic mass is 9.96. The molecule has 0 bridgehead atoms. The van der Waals surface area contributed by atoms with Gasteiger partial charge in [-0.3, -0.25) is 4.98 Å². The molecule has 1 saturated heterocycles.